The van der Waals surface area contributed by atoms with Crippen molar-refractivity contribution in [2.24, 2.45) is 5.73 Å². The predicted molar refractivity (Wildman–Crippen MR) is 166 cm³/mol. The van der Waals surface area contributed by atoms with Crippen LogP contribution in [0.1, 0.15) is 76.5 Å². The van der Waals surface area contributed by atoms with Crippen LogP contribution in [0.25, 0.3) is 10.2 Å². The summed E-state index contributed by atoms with van der Waals surface area (Å²) in [5, 5.41) is 15.8. The van der Waals surface area contributed by atoms with Gasteiger partial charge in [0.1, 0.15) is 16.1 Å². The molecule has 1 aromatic heterocycles. The molecule has 5 rings (SSSR count). The first-order chi connectivity index (χ1) is 20.2. The van der Waals surface area contributed by atoms with Gasteiger partial charge in [-0.15, -0.1) is 11.3 Å². The summed E-state index contributed by atoms with van der Waals surface area (Å²) in [4.78, 5) is 41.0. The molecule has 1 aliphatic carbocycles. The summed E-state index contributed by atoms with van der Waals surface area (Å²) in [7, 11) is 0. The summed E-state index contributed by atoms with van der Waals surface area (Å²) >= 11 is 14.1. The molecule has 1 fully saturated rings. The van der Waals surface area contributed by atoms with E-state index in [1.165, 1.54) is 36.2 Å². The van der Waals surface area contributed by atoms with Crippen molar-refractivity contribution in [1.29, 1.82) is 0 Å². The number of carboxylic acid groups (broad SMARTS) is 1. The third-order valence-electron chi connectivity index (χ3n) is 7.67. The van der Waals surface area contributed by atoms with Gasteiger partial charge in [0.2, 0.25) is 0 Å². The number of carbonyl (C=O) groups is 3. The lowest BCUT2D eigenvalue weighted by Crippen LogP contribution is -2.50. The number of nitrogens with one attached hydrogen (secondary N) is 2. The van der Waals surface area contributed by atoms with E-state index in [0.29, 0.717) is 37.6 Å². The lowest BCUT2D eigenvalue weighted by atomic mass is 9.80. The van der Waals surface area contributed by atoms with Crippen LogP contribution in [0, 0.1) is 0 Å². The van der Waals surface area contributed by atoms with Gasteiger partial charge in [-0.1, -0.05) is 78.9 Å². The number of carboxylic acids is 1. The van der Waals surface area contributed by atoms with Crippen molar-refractivity contribution in [3.63, 3.8) is 0 Å². The SMILES string of the molecule is NC(=O)NC(c1ccc(C(=O)NCCC(=O)O)cc1)(c1ccc(C2CCCCC2)cc1)c1nc2c(Cl)cc(Cl)cc2s1. The van der Waals surface area contributed by atoms with Crippen LogP contribution in [-0.2, 0) is 10.3 Å². The van der Waals surface area contributed by atoms with Gasteiger partial charge < -0.3 is 21.5 Å². The van der Waals surface area contributed by atoms with Crippen molar-refractivity contribution in [2.45, 2.75) is 50.0 Å². The maximum atomic E-state index is 12.7. The number of nitrogens with two attached hydrogens (primary N) is 1. The second-order valence-corrected chi connectivity index (χ2v) is 12.3. The molecule has 1 unspecified atom stereocenters. The summed E-state index contributed by atoms with van der Waals surface area (Å²) in [6.07, 6.45) is 5.80. The molecule has 0 radical (unpaired) electrons. The second kappa shape index (κ2) is 12.7. The van der Waals surface area contributed by atoms with E-state index in [-0.39, 0.29) is 13.0 Å². The monoisotopic (exact) mass is 624 g/mol. The highest BCUT2D eigenvalue weighted by Crippen LogP contribution is 2.43. The van der Waals surface area contributed by atoms with E-state index in [2.05, 4.69) is 22.8 Å². The molecule has 5 N–H and O–H groups in total. The molecule has 3 amide bonds. The van der Waals surface area contributed by atoms with Gasteiger partial charge in [0.05, 0.1) is 16.1 Å². The minimum absolute atomic E-state index is 0.00541. The Kier molecular flexibility index (Phi) is 9.01. The maximum absolute atomic E-state index is 12.7. The highest BCUT2D eigenvalue weighted by atomic mass is 35.5. The fourth-order valence-electron chi connectivity index (χ4n) is 5.61. The van der Waals surface area contributed by atoms with Crippen LogP contribution >= 0.6 is 34.5 Å². The molecule has 11 heteroatoms. The van der Waals surface area contributed by atoms with Crippen LogP contribution in [0.5, 0.6) is 0 Å². The van der Waals surface area contributed by atoms with Crippen LogP contribution in [-0.4, -0.2) is 34.5 Å². The first-order valence-electron chi connectivity index (χ1n) is 13.7. The topological polar surface area (TPSA) is 134 Å². The Labute approximate surface area is 257 Å². The van der Waals surface area contributed by atoms with Crippen LogP contribution in [0.4, 0.5) is 4.79 Å². The number of aliphatic carboxylic acids is 1. The van der Waals surface area contributed by atoms with Gasteiger partial charge in [-0.05, 0) is 59.7 Å². The molecule has 0 bridgehead atoms. The number of thiazole rings is 1. The minimum Gasteiger partial charge on any atom is -0.481 e. The summed E-state index contributed by atoms with van der Waals surface area (Å²) in [5.41, 5.74) is 7.99. The molecule has 1 saturated carbocycles. The quantitative estimate of drug-likeness (QED) is 0.162. The Hall–Kier alpha value is -3.66. The summed E-state index contributed by atoms with van der Waals surface area (Å²) in [6, 6.07) is 17.5. The summed E-state index contributed by atoms with van der Waals surface area (Å²) in [6.45, 7) is 0.00541. The van der Waals surface area contributed by atoms with Crippen LogP contribution in [0.2, 0.25) is 10.0 Å². The number of rotatable bonds is 9. The number of hydrogen-bond donors (Lipinski definition) is 4. The van der Waals surface area contributed by atoms with Gasteiger partial charge in [0, 0.05) is 17.1 Å². The molecule has 0 saturated heterocycles. The number of hydrogen-bond acceptors (Lipinski definition) is 5. The molecule has 4 aromatic rings. The molecule has 3 aromatic carbocycles. The number of amides is 3. The fraction of sp³-hybridized carbons (Fsp3) is 0.290. The van der Waals surface area contributed by atoms with Gasteiger partial charge in [-0.25, -0.2) is 9.78 Å². The van der Waals surface area contributed by atoms with Crippen molar-refractivity contribution in [3.05, 3.63) is 98.0 Å². The Bertz CT molecular complexity index is 1620. The molecule has 0 aliphatic heterocycles. The standard InChI is InChI=1S/C31H30Cl2N4O4S/c32-23-16-24(33)27-25(17-23)42-29(36-27)31(37-30(34)41,21-10-6-19(7-11-21)18-4-2-1-3-5-18)22-12-8-20(9-13-22)28(40)35-15-14-26(38)39/h6-13,16-18H,1-5,14-15H2,(H,35,40)(H,38,39)(H3,34,37,41). The predicted octanol–water partition coefficient (Wildman–Crippen LogP) is 6.82. The maximum Gasteiger partial charge on any atom is 0.313 e. The fourth-order valence-corrected chi connectivity index (χ4v) is 7.49. The summed E-state index contributed by atoms with van der Waals surface area (Å²) in [5.74, 6) is -0.914. The van der Waals surface area contributed by atoms with Gasteiger partial charge in [-0.2, -0.15) is 0 Å². The van der Waals surface area contributed by atoms with E-state index in [1.807, 2.05) is 12.1 Å². The number of halogens is 2. The normalized spacial score (nSPS) is 15.2. The molecular weight excluding hydrogens is 595 g/mol. The number of urea groups is 1. The zero-order chi connectivity index (χ0) is 29.9. The molecule has 0 spiro atoms. The zero-order valence-electron chi connectivity index (χ0n) is 22.7. The number of fused-ring (bicyclic) bond motifs is 1. The van der Waals surface area contributed by atoms with Crippen molar-refractivity contribution >= 4 is 62.7 Å². The van der Waals surface area contributed by atoms with E-state index < -0.39 is 23.4 Å². The van der Waals surface area contributed by atoms with Gasteiger partial charge in [0.25, 0.3) is 5.91 Å². The lowest BCUT2D eigenvalue weighted by molar-refractivity contribution is -0.136. The lowest BCUT2D eigenvalue weighted by Gasteiger charge is -2.34. The van der Waals surface area contributed by atoms with Crippen molar-refractivity contribution in [1.82, 2.24) is 15.6 Å². The smallest absolute Gasteiger partial charge is 0.313 e. The number of aromatic nitrogens is 1. The molecule has 1 heterocycles. The largest absolute Gasteiger partial charge is 0.481 e. The van der Waals surface area contributed by atoms with E-state index in [9.17, 15) is 14.4 Å². The van der Waals surface area contributed by atoms with E-state index in [0.717, 1.165) is 23.1 Å². The van der Waals surface area contributed by atoms with E-state index >= 15 is 0 Å². The Morgan fingerprint density at radius 2 is 1.62 bits per heavy atom. The average Bonchev–Trinajstić information content (AvgIpc) is 3.41. The number of primary amides is 1. The van der Waals surface area contributed by atoms with E-state index in [4.69, 9.17) is 39.0 Å². The minimum atomic E-state index is -1.31. The zero-order valence-corrected chi connectivity index (χ0v) is 25.0. The van der Waals surface area contributed by atoms with Crippen molar-refractivity contribution in [2.75, 3.05) is 6.54 Å². The van der Waals surface area contributed by atoms with Crippen LogP contribution < -0.4 is 16.4 Å². The van der Waals surface area contributed by atoms with E-state index in [1.54, 1.807) is 36.4 Å². The Morgan fingerprint density at radius 1 is 0.976 bits per heavy atom. The second-order valence-electron chi connectivity index (χ2n) is 10.4. The van der Waals surface area contributed by atoms with Crippen molar-refractivity contribution < 1.29 is 19.5 Å². The summed E-state index contributed by atoms with van der Waals surface area (Å²) < 4.78 is 0.742. The van der Waals surface area contributed by atoms with Crippen molar-refractivity contribution in [3.8, 4) is 0 Å². The molecule has 42 heavy (non-hydrogen) atoms. The molecule has 1 aliphatic rings. The van der Waals surface area contributed by atoms with Gasteiger partial charge in [-0.3, -0.25) is 9.59 Å². The highest BCUT2D eigenvalue weighted by Gasteiger charge is 2.41. The third kappa shape index (κ3) is 6.23. The molecular formula is C31H30Cl2N4O4S. The first kappa shape index (κ1) is 29.8. The number of benzene rings is 3. The third-order valence-corrected chi connectivity index (χ3v) is 9.30. The number of carbonyl (C=O) groups excluding carboxylic acids is 2. The Morgan fingerprint density at radius 3 is 2.24 bits per heavy atom. The molecule has 1 atom stereocenters. The van der Waals surface area contributed by atoms with Gasteiger partial charge >= 0.3 is 12.0 Å². The van der Waals surface area contributed by atoms with Crippen LogP contribution in [0.3, 0.4) is 0 Å². The van der Waals surface area contributed by atoms with Gasteiger partial charge in [0.15, 0.2) is 0 Å². The Balaban J connectivity index is 1.63. The molecule has 218 valence electrons. The first-order valence-corrected chi connectivity index (χ1v) is 15.3. The molecule has 8 nitrogen and oxygen atoms in total. The highest BCUT2D eigenvalue weighted by molar-refractivity contribution is 7.18. The number of nitrogens with zero attached hydrogens (tertiary/aromatic N) is 1. The van der Waals surface area contributed by atoms with Crippen LogP contribution in [0.15, 0.2) is 60.7 Å². The average molecular weight is 626 g/mol.